The molecule has 0 aromatic carbocycles. The molecule has 2 heterocycles. The fraction of sp³-hybridized carbons (Fsp3) is 1.00. The van der Waals surface area contributed by atoms with Gasteiger partial charge in [-0.3, -0.25) is 4.90 Å². The van der Waals surface area contributed by atoms with Gasteiger partial charge in [0.1, 0.15) is 0 Å². The zero-order chi connectivity index (χ0) is 12.3. The van der Waals surface area contributed by atoms with Gasteiger partial charge in [0, 0.05) is 31.8 Å². The Labute approximate surface area is 104 Å². The van der Waals surface area contributed by atoms with E-state index in [0.29, 0.717) is 12.0 Å². The van der Waals surface area contributed by atoms with Crippen molar-refractivity contribution in [3.8, 4) is 0 Å². The molecule has 2 fully saturated rings. The molecule has 2 aliphatic rings. The number of hydrogen-bond donors (Lipinski definition) is 1. The molecule has 2 N–H and O–H groups in total. The molecule has 0 aromatic heterocycles. The maximum atomic E-state index is 6.11. The van der Waals surface area contributed by atoms with Gasteiger partial charge in [-0.2, -0.15) is 0 Å². The van der Waals surface area contributed by atoms with Crippen molar-refractivity contribution < 1.29 is 9.47 Å². The van der Waals surface area contributed by atoms with Gasteiger partial charge in [-0.05, 0) is 18.8 Å². The lowest BCUT2D eigenvalue weighted by atomic mass is 9.79. The minimum atomic E-state index is 0.134. The van der Waals surface area contributed by atoms with E-state index in [4.69, 9.17) is 15.2 Å². The molecule has 3 unspecified atom stereocenters. The Kier molecular flexibility index (Phi) is 4.42. The molecule has 0 bridgehead atoms. The van der Waals surface area contributed by atoms with Crippen LogP contribution in [0.1, 0.15) is 26.7 Å². The quantitative estimate of drug-likeness (QED) is 0.797. The topological polar surface area (TPSA) is 47.7 Å². The van der Waals surface area contributed by atoms with Gasteiger partial charge in [-0.1, -0.05) is 13.8 Å². The van der Waals surface area contributed by atoms with Gasteiger partial charge in [0.05, 0.1) is 19.3 Å². The van der Waals surface area contributed by atoms with E-state index in [-0.39, 0.29) is 5.54 Å². The van der Waals surface area contributed by atoms with Gasteiger partial charge in [0.25, 0.3) is 0 Å². The van der Waals surface area contributed by atoms with E-state index in [1.807, 2.05) is 0 Å². The Morgan fingerprint density at radius 3 is 2.88 bits per heavy atom. The predicted octanol–water partition coefficient (Wildman–Crippen LogP) is 0.851. The molecule has 17 heavy (non-hydrogen) atoms. The molecule has 3 atom stereocenters. The third kappa shape index (κ3) is 2.50. The molecule has 4 heteroatoms. The van der Waals surface area contributed by atoms with Crippen molar-refractivity contribution in [3.05, 3.63) is 0 Å². The lowest BCUT2D eigenvalue weighted by Gasteiger charge is -2.52. The second-order valence-electron chi connectivity index (χ2n) is 5.38. The van der Waals surface area contributed by atoms with Crippen LogP contribution in [0, 0.1) is 5.92 Å². The Hall–Kier alpha value is -0.160. The van der Waals surface area contributed by atoms with Crippen molar-refractivity contribution in [1.82, 2.24) is 4.90 Å². The molecule has 0 radical (unpaired) electrons. The minimum absolute atomic E-state index is 0.134. The molecule has 0 amide bonds. The summed E-state index contributed by atoms with van der Waals surface area (Å²) < 4.78 is 11.3. The number of morpholine rings is 1. The van der Waals surface area contributed by atoms with Gasteiger partial charge in [-0.25, -0.2) is 0 Å². The van der Waals surface area contributed by atoms with E-state index in [0.717, 1.165) is 52.3 Å². The zero-order valence-electron chi connectivity index (χ0n) is 11.2. The smallest absolute Gasteiger partial charge is 0.0700 e. The Morgan fingerprint density at radius 1 is 1.41 bits per heavy atom. The fourth-order valence-corrected chi connectivity index (χ4v) is 3.18. The zero-order valence-corrected chi connectivity index (χ0v) is 11.2. The molecule has 0 spiro atoms. The standard InChI is InChI=1S/C13H26N2O2/c1-3-12-8-15(5-7-17-12)13(10-14)4-6-16-9-11(13)2/h11-12H,3-10,14H2,1-2H3. The highest BCUT2D eigenvalue weighted by molar-refractivity contribution is 4.99. The first kappa shape index (κ1) is 13.3. The van der Waals surface area contributed by atoms with E-state index in [2.05, 4.69) is 18.7 Å². The van der Waals surface area contributed by atoms with Crippen LogP contribution in [0.2, 0.25) is 0 Å². The fourth-order valence-electron chi connectivity index (χ4n) is 3.18. The van der Waals surface area contributed by atoms with Crippen LogP contribution in [-0.4, -0.2) is 56.0 Å². The Morgan fingerprint density at radius 2 is 2.24 bits per heavy atom. The van der Waals surface area contributed by atoms with Crippen LogP contribution in [-0.2, 0) is 9.47 Å². The van der Waals surface area contributed by atoms with Crippen LogP contribution in [0.15, 0.2) is 0 Å². The van der Waals surface area contributed by atoms with Gasteiger partial charge < -0.3 is 15.2 Å². The van der Waals surface area contributed by atoms with E-state index >= 15 is 0 Å². The van der Waals surface area contributed by atoms with Gasteiger partial charge in [0.2, 0.25) is 0 Å². The Bertz CT molecular complexity index is 250. The van der Waals surface area contributed by atoms with Crippen molar-refractivity contribution in [3.63, 3.8) is 0 Å². The largest absolute Gasteiger partial charge is 0.381 e. The summed E-state index contributed by atoms with van der Waals surface area (Å²) in [4.78, 5) is 2.57. The first-order valence-corrected chi connectivity index (χ1v) is 6.87. The summed E-state index contributed by atoms with van der Waals surface area (Å²) in [5, 5.41) is 0. The lowest BCUT2D eigenvalue weighted by molar-refractivity contribution is -0.120. The summed E-state index contributed by atoms with van der Waals surface area (Å²) in [7, 11) is 0. The molecule has 2 aliphatic heterocycles. The molecule has 2 rings (SSSR count). The van der Waals surface area contributed by atoms with Gasteiger partial charge in [-0.15, -0.1) is 0 Å². The van der Waals surface area contributed by atoms with E-state index in [9.17, 15) is 0 Å². The van der Waals surface area contributed by atoms with Gasteiger partial charge in [0.15, 0.2) is 0 Å². The first-order valence-electron chi connectivity index (χ1n) is 6.87. The van der Waals surface area contributed by atoms with Crippen molar-refractivity contribution in [2.24, 2.45) is 11.7 Å². The molecule has 0 saturated carbocycles. The minimum Gasteiger partial charge on any atom is -0.381 e. The van der Waals surface area contributed by atoms with Crippen LogP contribution in [0.3, 0.4) is 0 Å². The summed E-state index contributed by atoms with van der Waals surface area (Å²) in [6.07, 6.45) is 2.52. The maximum absolute atomic E-state index is 6.11. The molecule has 0 aliphatic carbocycles. The van der Waals surface area contributed by atoms with Crippen molar-refractivity contribution >= 4 is 0 Å². The highest BCUT2D eigenvalue weighted by Gasteiger charge is 2.44. The van der Waals surface area contributed by atoms with E-state index < -0.39 is 0 Å². The highest BCUT2D eigenvalue weighted by Crippen LogP contribution is 2.33. The number of nitrogens with zero attached hydrogens (tertiary/aromatic N) is 1. The van der Waals surface area contributed by atoms with E-state index in [1.165, 1.54) is 0 Å². The van der Waals surface area contributed by atoms with Gasteiger partial charge >= 0.3 is 0 Å². The summed E-state index contributed by atoms with van der Waals surface area (Å²) in [5.41, 5.74) is 6.24. The third-order valence-corrected chi connectivity index (χ3v) is 4.54. The van der Waals surface area contributed by atoms with Crippen LogP contribution >= 0.6 is 0 Å². The average molecular weight is 242 g/mol. The normalized spacial score (nSPS) is 40.4. The maximum Gasteiger partial charge on any atom is 0.0700 e. The molecule has 4 nitrogen and oxygen atoms in total. The molecular formula is C13H26N2O2. The SMILES string of the molecule is CCC1CN(C2(CN)CCOCC2C)CCO1. The molecule has 2 saturated heterocycles. The first-order chi connectivity index (χ1) is 8.23. The predicted molar refractivity (Wildman–Crippen MR) is 68.0 cm³/mol. The summed E-state index contributed by atoms with van der Waals surface area (Å²) in [5.74, 6) is 0.511. The number of nitrogens with two attached hydrogens (primary N) is 1. The van der Waals surface area contributed by atoms with Crippen LogP contribution in [0.5, 0.6) is 0 Å². The number of ether oxygens (including phenoxy) is 2. The lowest BCUT2D eigenvalue weighted by Crippen LogP contribution is -2.64. The number of rotatable bonds is 3. The second kappa shape index (κ2) is 5.65. The van der Waals surface area contributed by atoms with Crippen LogP contribution in [0.25, 0.3) is 0 Å². The summed E-state index contributed by atoms with van der Waals surface area (Å²) >= 11 is 0. The van der Waals surface area contributed by atoms with Crippen molar-refractivity contribution in [2.45, 2.75) is 38.3 Å². The summed E-state index contributed by atoms with van der Waals surface area (Å²) in [6.45, 7) is 9.75. The van der Waals surface area contributed by atoms with Crippen LogP contribution in [0.4, 0.5) is 0 Å². The molecule has 100 valence electrons. The molecular weight excluding hydrogens is 216 g/mol. The van der Waals surface area contributed by atoms with Crippen molar-refractivity contribution in [2.75, 3.05) is 39.5 Å². The summed E-state index contributed by atoms with van der Waals surface area (Å²) in [6, 6.07) is 0. The van der Waals surface area contributed by atoms with Crippen LogP contribution < -0.4 is 5.73 Å². The second-order valence-corrected chi connectivity index (χ2v) is 5.38. The Balaban J connectivity index is 2.10. The van der Waals surface area contributed by atoms with Crippen molar-refractivity contribution in [1.29, 1.82) is 0 Å². The number of hydrogen-bond acceptors (Lipinski definition) is 4. The molecule has 0 aromatic rings. The highest BCUT2D eigenvalue weighted by atomic mass is 16.5. The van der Waals surface area contributed by atoms with E-state index in [1.54, 1.807) is 0 Å². The third-order valence-electron chi connectivity index (χ3n) is 4.54. The monoisotopic (exact) mass is 242 g/mol. The average Bonchev–Trinajstić information content (AvgIpc) is 2.40.